The molecule has 7 heteroatoms. The van der Waals surface area contributed by atoms with Crippen LogP contribution in [-0.4, -0.2) is 62.5 Å². The van der Waals surface area contributed by atoms with Gasteiger partial charge in [0.05, 0.1) is 6.61 Å². The first-order chi connectivity index (χ1) is 10.0. The molecular weight excluding hydrogens is 290 g/mol. The number of piperidine rings is 1. The lowest BCUT2D eigenvalue weighted by molar-refractivity contribution is 0.153. The quantitative estimate of drug-likeness (QED) is 0.718. The Balaban J connectivity index is 2.18. The first-order valence-electron chi connectivity index (χ1n) is 8.00. The van der Waals surface area contributed by atoms with Crippen LogP contribution >= 0.6 is 0 Å². The summed E-state index contributed by atoms with van der Waals surface area (Å²) in [7, 11) is -1.85. The Kier molecular flexibility index (Phi) is 6.02. The molecule has 0 aromatic rings. The van der Waals surface area contributed by atoms with E-state index < -0.39 is 10.2 Å². The Morgan fingerprint density at radius 2 is 2.05 bits per heavy atom. The van der Waals surface area contributed by atoms with Crippen molar-refractivity contribution in [3.8, 4) is 0 Å². The second kappa shape index (κ2) is 7.37. The second-order valence-electron chi connectivity index (χ2n) is 6.19. The van der Waals surface area contributed by atoms with E-state index in [1.165, 1.54) is 0 Å². The minimum absolute atomic E-state index is 0.0468. The summed E-state index contributed by atoms with van der Waals surface area (Å²) in [6.45, 7) is 3.86. The van der Waals surface area contributed by atoms with Gasteiger partial charge in [0.1, 0.15) is 0 Å². The van der Waals surface area contributed by atoms with E-state index in [0.29, 0.717) is 32.2 Å². The van der Waals surface area contributed by atoms with Crippen molar-refractivity contribution in [2.75, 3.05) is 33.4 Å². The van der Waals surface area contributed by atoms with E-state index >= 15 is 0 Å². The highest BCUT2D eigenvalue weighted by atomic mass is 32.2. The number of methoxy groups -OCH3 is 1. The zero-order valence-corrected chi connectivity index (χ0v) is 14.0. The molecule has 1 aliphatic heterocycles. The van der Waals surface area contributed by atoms with Gasteiger partial charge in [-0.1, -0.05) is 6.42 Å². The lowest BCUT2D eigenvalue weighted by Gasteiger charge is -2.39. The highest BCUT2D eigenvalue weighted by Gasteiger charge is 2.42. The fourth-order valence-electron chi connectivity index (χ4n) is 3.17. The topological polar surface area (TPSA) is 75.9 Å². The van der Waals surface area contributed by atoms with Crippen molar-refractivity contribution in [2.45, 2.75) is 51.1 Å². The van der Waals surface area contributed by atoms with Crippen LogP contribution in [0, 0.1) is 5.92 Å². The highest BCUT2D eigenvalue weighted by Crippen LogP contribution is 2.37. The predicted octanol–water partition coefficient (Wildman–Crippen LogP) is 0.791. The smallest absolute Gasteiger partial charge is 0.282 e. The maximum Gasteiger partial charge on any atom is 0.282 e. The summed E-state index contributed by atoms with van der Waals surface area (Å²) in [5.41, 5.74) is 5.79. The van der Waals surface area contributed by atoms with Gasteiger partial charge in [0.15, 0.2) is 0 Å². The first-order valence-corrected chi connectivity index (χ1v) is 9.39. The van der Waals surface area contributed by atoms with Crippen LogP contribution in [0.2, 0.25) is 0 Å². The molecule has 0 aromatic heterocycles. The molecule has 0 radical (unpaired) electrons. The molecule has 1 saturated heterocycles. The van der Waals surface area contributed by atoms with Crippen LogP contribution in [0.3, 0.4) is 0 Å². The van der Waals surface area contributed by atoms with E-state index in [1.807, 2.05) is 6.92 Å². The van der Waals surface area contributed by atoms with Gasteiger partial charge in [0.2, 0.25) is 0 Å². The SMILES string of the molecule is COCCN(C(C)C1CC1)S(=O)(=O)N1CCCCC1CN. The molecule has 0 amide bonds. The Morgan fingerprint density at radius 3 is 2.62 bits per heavy atom. The van der Waals surface area contributed by atoms with Crippen molar-refractivity contribution in [1.82, 2.24) is 8.61 Å². The fraction of sp³-hybridized carbons (Fsp3) is 1.00. The van der Waals surface area contributed by atoms with E-state index in [0.717, 1.165) is 32.1 Å². The van der Waals surface area contributed by atoms with E-state index in [9.17, 15) is 8.42 Å². The van der Waals surface area contributed by atoms with Crippen molar-refractivity contribution in [2.24, 2.45) is 11.7 Å². The third-order valence-corrected chi connectivity index (χ3v) is 6.89. The predicted molar refractivity (Wildman–Crippen MR) is 83.1 cm³/mol. The summed E-state index contributed by atoms with van der Waals surface area (Å²) in [6.07, 6.45) is 5.10. The molecule has 2 aliphatic rings. The lowest BCUT2D eigenvalue weighted by Crippen LogP contribution is -2.55. The first kappa shape index (κ1) is 17.1. The molecule has 6 nitrogen and oxygen atoms in total. The molecule has 2 atom stereocenters. The van der Waals surface area contributed by atoms with Gasteiger partial charge in [-0.05, 0) is 38.5 Å². The lowest BCUT2D eigenvalue weighted by atomic mass is 10.1. The van der Waals surface area contributed by atoms with Crippen molar-refractivity contribution >= 4 is 10.2 Å². The van der Waals surface area contributed by atoms with Gasteiger partial charge in [0.25, 0.3) is 10.2 Å². The molecule has 21 heavy (non-hydrogen) atoms. The standard InChI is InChI=1S/C14H29N3O3S/c1-12(13-6-7-13)16(9-10-20-2)21(18,19)17-8-4-3-5-14(17)11-15/h12-14H,3-11,15H2,1-2H3. The largest absolute Gasteiger partial charge is 0.383 e. The Bertz CT molecular complexity index is 425. The molecule has 2 N–H and O–H groups in total. The number of nitrogens with zero attached hydrogens (tertiary/aromatic N) is 2. The highest BCUT2D eigenvalue weighted by molar-refractivity contribution is 7.86. The van der Waals surface area contributed by atoms with Crippen LogP contribution in [0.15, 0.2) is 0 Å². The number of ether oxygens (including phenoxy) is 1. The maximum absolute atomic E-state index is 13.1. The van der Waals surface area contributed by atoms with Crippen LogP contribution in [0.4, 0.5) is 0 Å². The molecule has 2 unspecified atom stereocenters. The zero-order chi connectivity index (χ0) is 15.5. The van der Waals surface area contributed by atoms with Crippen molar-refractivity contribution in [1.29, 1.82) is 0 Å². The molecular formula is C14H29N3O3S. The van der Waals surface area contributed by atoms with Crippen molar-refractivity contribution in [3.05, 3.63) is 0 Å². The van der Waals surface area contributed by atoms with E-state index in [-0.39, 0.29) is 12.1 Å². The normalized spacial score (nSPS) is 26.2. The summed E-state index contributed by atoms with van der Waals surface area (Å²) in [6, 6.07) is -0.00861. The van der Waals surface area contributed by atoms with Crippen molar-refractivity contribution in [3.63, 3.8) is 0 Å². The Labute approximate surface area is 128 Å². The molecule has 2 rings (SSSR count). The third kappa shape index (κ3) is 3.96. The van der Waals surface area contributed by atoms with Crippen molar-refractivity contribution < 1.29 is 13.2 Å². The summed E-state index contributed by atoms with van der Waals surface area (Å²) < 4.78 is 34.5. The minimum Gasteiger partial charge on any atom is -0.383 e. The fourth-order valence-corrected chi connectivity index (χ4v) is 5.27. The van der Waals surface area contributed by atoms with Crippen LogP contribution in [-0.2, 0) is 14.9 Å². The van der Waals surface area contributed by atoms with Crippen LogP contribution in [0.25, 0.3) is 0 Å². The van der Waals surface area contributed by atoms with Crippen LogP contribution in [0.5, 0.6) is 0 Å². The Morgan fingerprint density at radius 1 is 1.33 bits per heavy atom. The van der Waals surface area contributed by atoms with Gasteiger partial charge in [-0.25, -0.2) is 0 Å². The van der Waals surface area contributed by atoms with E-state index in [2.05, 4.69) is 0 Å². The molecule has 2 fully saturated rings. The average molecular weight is 319 g/mol. The second-order valence-corrected chi connectivity index (χ2v) is 8.02. The van der Waals surface area contributed by atoms with E-state index in [4.69, 9.17) is 10.5 Å². The Hall–Kier alpha value is -0.210. The maximum atomic E-state index is 13.1. The molecule has 0 aromatic carbocycles. The zero-order valence-electron chi connectivity index (χ0n) is 13.2. The van der Waals surface area contributed by atoms with Crippen LogP contribution < -0.4 is 5.73 Å². The number of hydrogen-bond donors (Lipinski definition) is 1. The third-order valence-electron chi connectivity index (χ3n) is 4.71. The minimum atomic E-state index is -3.46. The molecule has 0 spiro atoms. The molecule has 1 saturated carbocycles. The summed E-state index contributed by atoms with van der Waals surface area (Å²) >= 11 is 0. The number of rotatable bonds is 8. The van der Waals surface area contributed by atoms with Gasteiger partial charge in [-0.15, -0.1) is 0 Å². The molecule has 1 heterocycles. The van der Waals surface area contributed by atoms with Gasteiger partial charge >= 0.3 is 0 Å². The summed E-state index contributed by atoms with van der Waals surface area (Å²) in [4.78, 5) is 0. The summed E-state index contributed by atoms with van der Waals surface area (Å²) in [5.74, 6) is 0.498. The summed E-state index contributed by atoms with van der Waals surface area (Å²) in [5, 5.41) is 0. The van der Waals surface area contributed by atoms with Gasteiger partial charge in [0, 0.05) is 38.8 Å². The monoisotopic (exact) mass is 319 g/mol. The van der Waals surface area contributed by atoms with Gasteiger partial charge in [-0.2, -0.15) is 17.0 Å². The average Bonchev–Trinajstić information content (AvgIpc) is 3.31. The van der Waals surface area contributed by atoms with Crippen LogP contribution in [0.1, 0.15) is 39.0 Å². The molecule has 124 valence electrons. The number of hydrogen-bond acceptors (Lipinski definition) is 4. The molecule has 1 aliphatic carbocycles. The molecule has 0 bridgehead atoms. The number of nitrogens with two attached hydrogens (primary N) is 1. The van der Waals surface area contributed by atoms with Gasteiger partial charge < -0.3 is 10.5 Å². The van der Waals surface area contributed by atoms with Gasteiger partial charge in [-0.3, -0.25) is 0 Å². The van der Waals surface area contributed by atoms with E-state index in [1.54, 1.807) is 15.7 Å².